The zero-order valence-electron chi connectivity index (χ0n) is 9.44. The van der Waals surface area contributed by atoms with E-state index in [4.69, 9.17) is 4.42 Å². The molecule has 0 spiro atoms. The van der Waals surface area contributed by atoms with Crippen LogP contribution in [0.4, 0.5) is 0 Å². The van der Waals surface area contributed by atoms with Crippen LogP contribution in [0, 0.1) is 0 Å². The molecule has 1 aliphatic carbocycles. The van der Waals surface area contributed by atoms with Gasteiger partial charge in [-0.05, 0) is 38.8 Å². The van der Waals surface area contributed by atoms with E-state index >= 15 is 0 Å². The summed E-state index contributed by atoms with van der Waals surface area (Å²) in [6.45, 7) is 5.22. The van der Waals surface area contributed by atoms with Crippen molar-refractivity contribution >= 4 is 0 Å². The van der Waals surface area contributed by atoms with Gasteiger partial charge in [0.05, 0.1) is 18.4 Å². The molecule has 1 aromatic rings. The van der Waals surface area contributed by atoms with E-state index in [1.807, 2.05) is 26.0 Å². The standard InChI is InChI=1S/C12H19NO2/c1-12(2,14)9-13(10-5-6-10)8-11-4-3-7-15-11/h3-4,7,10,14H,5-6,8-9H2,1-2H3. The number of furan rings is 1. The molecule has 0 aliphatic heterocycles. The van der Waals surface area contributed by atoms with Crippen molar-refractivity contribution in [2.75, 3.05) is 6.54 Å². The Morgan fingerprint density at radius 2 is 2.27 bits per heavy atom. The van der Waals surface area contributed by atoms with Crippen molar-refractivity contribution in [1.82, 2.24) is 4.90 Å². The molecule has 1 heterocycles. The first-order valence-corrected chi connectivity index (χ1v) is 5.53. The average molecular weight is 209 g/mol. The molecule has 1 saturated carbocycles. The molecule has 2 rings (SSSR count). The molecule has 84 valence electrons. The normalized spacial score (nSPS) is 17.3. The second-order valence-corrected chi connectivity index (χ2v) is 5.03. The van der Waals surface area contributed by atoms with E-state index in [-0.39, 0.29) is 0 Å². The maximum Gasteiger partial charge on any atom is 0.117 e. The third-order valence-corrected chi connectivity index (χ3v) is 2.59. The van der Waals surface area contributed by atoms with Crippen LogP contribution in [0.2, 0.25) is 0 Å². The summed E-state index contributed by atoms with van der Waals surface area (Å²) >= 11 is 0. The van der Waals surface area contributed by atoms with E-state index in [2.05, 4.69) is 4.90 Å². The molecule has 1 aliphatic rings. The quantitative estimate of drug-likeness (QED) is 0.806. The highest BCUT2D eigenvalue weighted by molar-refractivity contribution is 5.00. The second kappa shape index (κ2) is 3.99. The predicted octanol–water partition coefficient (Wildman–Crippen LogP) is 2.01. The zero-order chi connectivity index (χ0) is 10.9. The lowest BCUT2D eigenvalue weighted by molar-refractivity contribution is 0.0283. The smallest absolute Gasteiger partial charge is 0.117 e. The predicted molar refractivity (Wildman–Crippen MR) is 58.4 cm³/mol. The van der Waals surface area contributed by atoms with Gasteiger partial charge < -0.3 is 9.52 Å². The van der Waals surface area contributed by atoms with Crippen LogP contribution >= 0.6 is 0 Å². The van der Waals surface area contributed by atoms with Gasteiger partial charge in [0.15, 0.2) is 0 Å². The Bertz CT molecular complexity index is 296. The summed E-state index contributed by atoms with van der Waals surface area (Å²) in [4.78, 5) is 2.30. The molecular weight excluding hydrogens is 190 g/mol. The van der Waals surface area contributed by atoms with E-state index in [0.717, 1.165) is 12.3 Å². The van der Waals surface area contributed by atoms with Gasteiger partial charge >= 0.3 is 0 Å². The second-order valence-electron chi connectivity index (χ2n) is 5.03. The molecule has 1 fully saturated rings. The molecule has 0 bridgehead atoms. The van der Waals surface area contributed by atoms with Gasteiger partial charge in [-0.25, -0.2) is 0 Å². The third-order valence-electron chi connectivity index (χ3n) is 2.59. The Labute approximate surface area is 90.7 Å². The zero-order valence-corrected chi connectivity index (χ0v) is 9.44. The van der Waals surface area contributed by atoms with Gasteiger partial charge in [-0.1, -0.05) is 0 Å². The number of rotatable bonds is 5. The highest BCUT2D eigenvalue weighted by Crippen LogP contribution is 2.29. The summed E-state index contributed by atoms with van der Waals surface area (Å²) in [7, 11) is 0. The van der Waals surface area contributed by atoms with E-state index in [9.17, 15) is 5.11 Å². The van der Waals surface area contributed by atoms with Crippen molar-refractivity contribution in [3.8, 4) is 0 Å². The largest absolute Gasteiger partial charge is 0.468 e. The van der Waals surface area contributed by atoms with Gasteiger partial charge in [0.2, 0.25) is 0 Å². The van der Waals surface area contributed by atoms with Crippen molar-refractivity contribution in [3.63, 3.8) is 0 Å². The van der Waals surface area contributed by atoms with E-state index in [0.29, 0.717) is 12.6 Å². The van der Waals surface area contributed by atoms with Crippen LogP contribution in [0.15, 0.2) is 22.8 Å². The lowest BCUT2D eigenvalue weighted by Gasteiger charge is -2.28. The summed E-state index contributed by atoms with van der Waals surface area (Å²) in [5, 5.41) is 9.82. The van der Waals surface area contributed by atoms with E-state index in [1.165, 1.54) is 12.8 Å². The molecule has 0 radical (unpaired) electrons. The number of hydrogen-bond acceptors (Lipinski definition) is 3. The molecule has 0 aromatic carbocycles. The fraction of sp³-hybridized carbons (Fsp3) is 0.667. The summed E-state index contributed by atoms with van der Waals surface area (Å²) in [5.41, 5.74) is -0.630. The molecule has 15 heavy (non-hydrogen) atoms. The first-order valence-electron chi connectivity index (χ1n) is 5.53. The Hall–Kier alpha value is -0.800. The maximum atomic E-state index is 9.82. The summed E-state index contributed by atoms with van der Waals surface area (Å²) < 4.78 is 5.33. The SMILES string of the molecule is CC(C)(O)CN(Cc1ccco1)C1CC1. The summed E-state index contributed by atoms with van der Waals surface area (Å²) in [6.07, 6.45) is 4.19. The monoisotopic (exact) mass is 209 g/mol. The van der Waals surface area contributed by atoms with Crippen molar-refractivity contribution in [3.05, 3.63) is 24.2 Å². The number of nitrogens with zero attached hydrogens (tertiary/aromatic N) is 1. The van der Waals surface area contributed by atoms with Crippen molar-refractivity contribution < 1.29 is 9.52 Å². The van der Waals surface area contributed by atoms with Crippen molar-refractivity contribution in [2.24, 2.45) is 0 Å². The molecule has 3 nitrogen and oxygen atoms in total. The van der Waals surface area contributed by atoms with Gasteiger partial charge in [0.25, 0.3) is 0 Å². The number of aliphatic hydroxyl groups is 1. The molecule has 0 unspecified atom stereocenters. The first-order chi connectivity index (χ1) is 7.04. The van der Waals surface area contributed by atoms with E-state index < -0.39 is 5.60 Å². The Morgan fingerprint density at radius 3 is 2.73 bits per heavy atom. The van der Waals surface area contributed by atoms with Crippen molar-refractivity contribution in [2.45, 2.75) is 44.9 Å². The minimum Gasteiger partial charge on any atom is -0.468 e. The lowest BCUT2D eigenvalue weighted by atomic mass is 10.1. The molecule has 1 N–H and O–H groups in total. The summed E-state index contributed by atoms with van der Waals surface area (Å²) in [6, 6.07) is 4.53. The van der Waals surface area contributed by atoms with Gasteiger partial charge in [-0.2, -0.15) is 0 Å². The minimum atomic E-state index is -0.630. The van der Waals surface area contributed by atoms with Gasteiger partial charge in [0, 0.05) is 12.6 Å². The summed E-state index contributed by atoms with van der Waals surface area (Å²) in [5.74, 6) is 0.978. The molecule has 0 saturated heterocycles. The minimum absolute atomic E-state index is 0.630. The lowest BCUT2D eigenvalue weighted by Crippen LogP contribution is -2.39. The molecule has 0 atom stereocenters. The Kier molecular flexibility index (Phi) is 2.85. The van der Waals surface area contributed by atoms with Crippen LogP contribution in [0.3, 0.4) is 0 Å². The Balaban J connectivity index is 1.95. The average Bonchev–Trinajstić information content (AvgIpc) is 2.83. The van der Waals surface area contributed by atoms with Crippen LogP contribution in [-0.2, 0) is 6.54 Å². The van der Waals surface area contributed by atoms with Gasteiger partial charge in [-0.15, -0.1) is 0 Å². The van der Waals surface area contributed by atoms with Crippen LogP contribution in [0.1, 0.15) is 32.4 Å². The van der Waals surface area contributed by atoms with Crippen LogP contribution < -0.4 is 0 Å². The molecular formula is C12H19NO2. The Morgan fingerprint density at radius 1 is 1.53 bits per heavy atom. The van der Waals surface area contributed by atoms with Gasteiger partial charge in [0.1, 0.15) is 5.76 Å². The first kappa shape index (κ1) is 10.7. The van der Waals surface area contributed by atoms with Crippen LogP contribution in [-0.4, -0.2) is 28.2 Å². The molecule has 3 heteroatoms. The molecule has 1 aromatic heterocycles. The highest BCUT2D eigenvalue weighted by atomic mass is 16.3. The highest BCUT2D eigenvalue weighted by Gasteiger charge is 2.32. The topological polar surface area (TPSA) is 36.6 Å². The van der Waals surface area contributed by atoms with Crippen LogP contribution in [0.5, 0.6) is 0 Å². The third kappa shape index (κ3) is 3.36. The number of hydrogen-bond donors (Lipinski definition) is 1. The van der Waals surface area contributed by atoms with Gasteiger partial charge in [-0.3, -0.25) is 4.90 Å². The van der Waals surface area contributed by atoms with Crippen molar-refractivity contribution in [1.29, 1.82) is 0 Å². The fourth-order valence-corrected chi connectivity index (χ4v) is 1.85. The van der Waals surface area contributed by atoms with Crippen LogP contribution in [0.25, 0.3) is 0 Å². The fourth-order valence-electron chi connectivity index (χ4n) is 1.85. The molecule has 0 amide bonds. The van der Waals surface area contributed by atoms with E-state index in [1.54, 1.807) is 6.26 Å². The maximum absolute atomic E-state index is 9.82.